The number of alkyl halides is 1. The first-order chi connectivity index (χ1) is 7.20. The molecule has 0 bridgehead atoms. The van der Waals surface area contributed by atoms with Gasteiger partial charge in [-0.1, -0.05) is 19.1 Å². The van der Waals surface area contributed by atoms with E-state index in [1.54, 1.807) is 12.1 Å². The van der Waals surface area contributed by atoms with Crippen molar-refractivity contribution in [3.63, 3.8) is 0 Å². The Morgan fingerprint density at radius 2 is 2.20 bits per heavy atom. The number of halogens is 2. The first-order valence-corrected chi connectivity index (χ1v) is 5.01. The minimum atomic E-state index is -0.672. The Morgan fingerprint density at radius 1 is 1.47 bits per heavy atom. The van der Waals surface area contributed by atoms with E-state index < -0.39 is 18.4 Å². The second kappa shape index (κ2) is 5.69. The summed E-state index contributed by atoms with van der Waals surface area (Å²) in [5, 5.41) is 0. The van der Waals surface area contributed by atoms with Gasteiger partial charge < -0.3 is 4.74 Å². The van der Waals surface area contributed by atoms with Crippen LogP contribution in [0.25, 0.3) is 0 Å². The van der Waals surface area contributed by atoms with Gasteiger partial charge in [-0.25, -0.2) is 4.39 Å². The highest BCUT2D eigenvalue weighted by molar-refractivity contribution is 5.33. The number of benzene rings is 1. The molecular weight excluding hydrogens is 198 g/mol. The second-order valence-corrected chi connectivity index (χ2v) is 3.36. The Kier molecular flexibility index (Phi) is 4.53. The molecule has 1 aromatic rings. The van der Waals surface area contributed by atoms with Crippen molar-refractivity contribution in [1.29, 1.82) is 0 Å². The van der Waals surface area contributed by atoms with Crippen LogP contribution in [0.1, 0.15) is 24.8 Å². The lowest BCUT2D eigenvalue weighted by molar-refractivity contribution is 0.299. The van der Waals surface area contributed by atoms with Gasteiger partial charge in [-0.15, -0.1) is 0 Å². The summed E-state index contributed by atoms with van der Waals surface area (Å²) in [5.74, 6) is -0.991. The van der Waals surface area contributed by atoms with Crippen molar-refractivity contribution in [2.24, 2.45) is 0 Å². The fraction of sp³-hybridized carbons (Fsp3) is 0.417. The van der Waals surface area contributed by atoms with Crippen molar-refractivity contribution in [3.8, 4) is 5.75 Å². The van der Waals surface area contributed by atoms with E-state index in [0.29, 0.717) is 6.61 Å². The van der Waals surface area contributed by atoms with Gasteiger partial charge in [0.05, 0.1) is 13.3 Å². The van der Waals surface area contributed by atoms with Crippen molar-refractivity contribution >= 4 is 0 Å². The van der Waals surface area contributed by atoms with E-state index in [-0.39, 0.29) is 11.3 Å². The zero-order chi connectivity index (χ0) is 11.3. The van der Waals surface area contributed by atoms with E-state index in [2.05, 4.69) is 6.92 Å². The fourth-order valence-corrected chi connectivity index (χ4v) is 1.25. The van der Waals surface area contributed by atoms with Gasteiger partial charge >= 0.3 is 0 Å². The molecular formula is C12H15F2O. The molecule has 0 aliphatic heterocycles. The third kappa shape index (κ3) is 2.91. The van der Waals surface area contributed by atoms with Gasteiger partial charge in [0.25, 0.3) is 0 Å². The molecule has 1 rings (SSSR count). The summed E-state index contributed by atoms with van der Waals surface area (Å²) < 4.78 is 31.3. The zero-order valence-electron chi connectivity index (χ0n) is 8.80. The second-order valence-electron chi connectivity index (χ2n) is 3.36. The number of ether oxygens (including phenoxy) is 1. The van der Waals surface area contributed by atoms with Crippen LogP contribution in [-0.4, -0.2) is 13.3 Å². The topological polar surface area (TPSA) is 9.23 Å². The van der Waals surface area contributed by atoms with Crippen LogP contribution < -0.4 is 4.74 Å². The lowest BCUT2D eigenvalue weighted by Gasteiger charge is -2.12. The van der Waals surface area contributed by atoms with E-state index in [0.717, 1.165) is 6.42 Å². The first-order valence-electron chi connectivity index (χ1n) is 5.01. The smallest absolute Gasteiger partial charge is 0.168 e. The Morgan fingerprint density at radius 3 is 2.80 bits per heavy atom. The van der Waals surface area contributed by atoms with Crippen molar-refractivity contribution in [1.82, 2.24) is 0 Å². The third-order valence-electron chi connectivity index (χ3n) is 2.08. The molecule has 1 atom stereocenters. The van der Waals surface area contributed by atoms with Crippen LogP contribution in [0.3, 0.4) is 0 Å². The molecule has 0 saturated carbocycles. The van der Waals surface area contributed by atoms with Gasteiger partial charge in [-0.2, -0.15) is 0 Å². The van der Waals surface area contributed by atoms with E-state index >= 15 is 0 Å². The average Bonchev–Trinajstić information content (AvgIpc) is 2.27. The number of hydrogen-bond acceptors (Lipinski definition) is 1. The molecule has 15 heavy (non-hydrogen) atoms. The molecule has 0 N–H and O–H groups in total. The predicted octanol–water partition coefficient (Wildman–Crippen LogP) is 3.50. The Labute approximate surface area is 89.1 Å². The van der Waals surface area contributed by atoms with E-state index in [1.165, 1.54) is 6.07 Å². The molecule has 0 aliphatic rings. The molecule has 1 radical (unpaired) electrons. The van der Waals surface area contributed by atoms with Crippen LogP contribution in [0.5, 0.6) is 5.75 Å². The average molecular weight is 213 g/mol. The predicted molar refractivity (Wildman–Crippen MR) is 56.3 cm³/mol. The molecule has 1 nitrogen and oxygen atoms in total. The highest BCUT2D eigenvalue weighted by Gasteiger charge is 2.14. The maximum Gasteiger partial charge on any atom is 0.168 e. The zero-order valence-corrected chi connectivity index (χ0v) is 8.80. The fourth-order valence-electron chi connectivity index (χ4n) is 1.25. The maximum atomic E-state index is 13.7. The molecule has 0 spiro atoms. The van der Waals surface area contributed by atoms with E-state index in [9.17, 15) is 8.78 Å². The van der Waals surface area contributed by atoms with E-state index in [4.69, 9.17) is 4.74 Å². The molecule has 0 heterocycles. The molecule has 0 aliphatic carbocycles. The van der Waals surface area contributed by atoms with Crippen LogP contribution >= 0.6 is 0 Å². The van der Waals surface area contributed by atoms with Gasteiger partial charge in [0, 0.05) is 5.92 Å². The molecule has 1 unspecified atom stereocenters. The Balaban J connectivity index is 2.90. The Bertz CT molecular complexity index is 312. The monoisotopic (exact) mass is 213 g/mol. The van der Waals surface area contributed by atoms with Crippen molar-refractivity contribution < 1.29 is 13.5 Å². The summed E-state index contributed by atoms with van der Waals surface area (Å²) in [6.07, 6.45) is 0.806. The molecule has 83 valence electrons. The highest BCUT2D eigenvalue weighted by Crippen LogP contribution is 2.26. The van der Waals surface area contributed by atoms with Crippen molar-refractivity contribution in [3.05, 3.63) is 36.5 Å². The summed E-state index contributed by atoms with van der Waals surface area (Å²) in [6, 6.07) is 4.72. The SMILES string of the molecule is [CH2]C(CF)c1cccc(OCCC)c1F. The van der Waals surface area contributed by atoms with Crippen molar-refractivity contribution in [2.75, 3.05) is 13.3 Å². The lowest BCUT2D eigenvalue weighted by atomic mass is 10.0. The van der Waals surface area contributed by atoms with Gasteiger partial charge in [0.15, 0.2) is 11.6 Å². The van der Waals surface area contributed by atoms with Crippen LogP contribution in [0.2, 0.25) is 0 Å². The summed E-state index contributed by atoms with van der Waals surface area (Å²) in [6.45, 7) is 5.26. The first kappa shape index (κ1) is 12.0. The van der Waals surface area contributed by atoms with E-state index in [1.807, 2.05) is 6.92 Å². The van der Waals surface area contributed by atoms with Gasteiger partial charge in [0.2, 0.25) is 0 Å². The standard InChI is InChI=1S/C12H15F2O/c1-3-7-15-11-6-4-5-10(12(11)14)9(2)8-13/h4-6,9H,2-3,7-8H2,1H3. The van der Waals surface area contributed by atoms with Crippen LogP contribution in [-0.2, 0) is 0 Å². The number of rotatable bonds is 5. The lowest BCUT2D eigenvalue weighted by Crippen LogP contribution is -2.03. The molecule has 0 saturated heterocycles. The number of hydrogen-bond donors (Lipinski definition) is 0. The van der Waals surface area contributed by atoms with Crippen LogP contribution in [0.4, 0.5) is 8.78 Å². The van der Waals surface area contributed by atoms with Gasteiger partial charge in [-0.3, -0.25) is 4.39 Å². The van der Waals surface area contributed by atoms with Crippen LogP contribution in [0.15, 0.2) is 18.2 Å². The van der Waals surface area contributed by atoms with Gasteiger partial charge in [0.1, 0.15) is 0 Å². The normalized spacial score (nSPS) is 12.5. The van der Waals surface area contributed by atoms with Gasteiger partial charge in [-0.05, 0) is 25.0 Å². The quantitative estimate of drug-likeness (QED) is 0.727. The molecule has 1 aromatic carbocycles. The van der Waals surface area contributed by atoms with Crippen molar-refractivity contribution in [2.45, 2.75) is 19.3 Å². The molecule has 0 fully saturated rings. The summed E-state index contributed by atoms with van der Waals surface area (Å²) >= 11 is 0. The highest BCUT2D eigenvalue weighted by atomic mass is 19.1. The Hall–Kier alpha value is -1.12. The minimum Gasteiger partial charge on any atom is -0.491 e. The molecule has 0 amide bonds. The summed E-state index contributed by atoms with van der Waals surface area (Å²) in [5.41, 5.74) is 0.270. The maximum absolute atomic E-state index is 13.7. The third-order valence-corrected chi connectivity index (χ3v) is 2.08. The molecule has 3 heteroatoms. The van der Waals surface area contributed by atoms with Crippen LogP contribution in [0, 0.1) is 12.7 Å². The minimum absolute atomic E-state index is 0.177. The molecule has 0 aromatic heterocycles. The summed E-state index contributed by atoms with van der Waals surface area (Å²) in [4.78, 5) is 0. The summed E-state index contributed by atoms with van der Waals surface area (Å²) in [7, 11) is 0. The largest absolute Gasteiger partial charge is 0.491 e.